The zero-order valence-corrected chi connectivity index (χ0v) is 12.3. The molecular weight excluding hydrogens is 258 g/mol. The van der Waals surface area contributed by atoms with Gasteiger partial charge < -0.3 is 4.90 Å². The quantitative estimate of drug-likeness (QED) is 0.860. The van der Waals surface area contributed by atoms with Crippen LogP contribution in [0.15, 0.2) is 11.1 Å². The first kappa shape index (κ1) is 12.8. The molecule has 0 saturated heterocycles. The molecule has 2 aromatic heterocycles. The molecule has 0 unspecified atom stereocenters. The molecule has 0 aliphatic heterocycles. The molecular formula is C14H19N3OS. The Hall–Kier alpha value is -1.20. The van der Waals surface area contributed by atoms with Gasteiger partial charge in [-0.05, 0) is 45.3 Å². The molecule has 0 N–H and O–H groups in total. The van der Waals surface area contributed by atoms with Gasteiger partial charge in [-0.25, -0.2) is 4.98 Å². The molecule has 2 aromatic rings. The van der Waals surface area contributed by atoms with Crippen molar-refractivity contribution in [2.24, 2.45) is 0 Å². The third kappa shape index (κ3) is 2.32. The molecule has 3 rings (SSSR count). The Labute approximate surface area is 116 Å². The Kier molecular flexibility index (Phi) is 3.41. The maximum absolute atomic E-state index is 12.6. The molecule has 102 valence electrons. The number of rotatable bonds is 3. The summed E-state index contributed by atoms with van der Waals surface area (Å²) in [6.45, 7) is 1.57. The SMILES string of the molecule is CN(C)CCn1cnc2sc3c(c2c1=O)CCCC3. The largest absolute Gasteiger partial charge is 0.308 e. The lowest BCUT2D eigenvalue weighted by Crippen LogP contribution is -2.27. The molecule has 1 aliphatic rings. The van der Waals surface area contributed by atoms with Crippen molar-refractivity contribution in [3.8, 4) is 0 Å². The number of thiophene rings is 1. The van der Waals surface area contributed by atoms with Gasteiger partial charge in [0.15, 0.2) is 0 Å². The Balaban J connectivity index is 2.07. The van der Waals surface area contributed by atoms with Crippen LogP contribution >= 0.6 is 11.3 Å². The molecule has 0 bridgehead atoms. The molecule has 0 saturated carbocycles. The Morgan fingerprint density at radius 1 is 1.37 bits per heavy atom. The van der Waals surface area contributed by atoms with Crippen molar-refractivity contribution >= 4 is 21.6 Å². The van der Waals surface area contributed by atoms with E-state index in [2.05, 4.69) is 9.88 Å². The number of nitrogens with zero attached hydrogens (tertiary/aromatic N) is 3. The van der Waals surface area contributed by atoms with E-state index in [1.54, 1.807) is 22.2 Å². The number of hydrogen-bond acceptors (Lipinski definition) is 4. The first-order chi connectivity index (χ1) is 9.16. The molecule has 5 heteroatoms. The predicted octanol–water partition coefficient (Wildman–Crippen LogP) is 1.90. The zero-order chi connectivity index (χ0) is 13.4. The lowest BCUT2D eigenvalue weighted by Gasteiger charge is -2.12. The van der Waals surface area contributed by atoms with Gasteiger partial charge in [-0.15, -0.1) is 11.3 Å². The van der Waals surface area contributed by atoms with E-state index >= 15 is 0 Å². The van der Waals surface area contributed by atoms with Gasteiger partial charge >= 0.3 is 0 Å². The van der Waals surface area contributed by atoms with Crippen LogP contribution in [-0.4, -0.2) is 35.1 Å². The summed E-state index contributed by atoms with van der Waals surface area (Å²) in [6.07, 6.45) is 6.31. The van der Waals surface area contributed by atoms with E-state index < -0.39 is 0 Å². The molecule has 0 atom stereocenters. The molecule has 0 fully saturated rings. The number of aromatic nitrogens is 2. The molecule has 1 aliphatic carbocycles. The van der Waals surface area contributed by atoms with Gasteiger partial charge in [-0.3, -0.25) is 9.36 Å². The van der Waals surface area contributed by atoms with Crippen molar-refractivity contribution in [3.63, 3.8) is 0 Å². The van der Waals surface area contributed by atoms with E-state index in [1.807, 2.05) is 14.1 Å². The van der Waals surface area contributed by atoms with Crippen LogP contribution in [0.25, 0.3) is 10.2 Å². The van der Waals surface area contributed by atoms with Gasteiger partial charge in [0, 0.05) is 18.0 Å². The highest BCUT2D eigenvalue weighted by Gasteiger charge is 2.19. The molecule has 0 amide bonds. The maximum atomic E-state index is 12.6. The molecule has 19 heavy (non-hydrogen) atoms. The summed E-state index contributed by atoms with van der Waals surface area (Å²) in [5.41, 5.74) is 1.43. The monoisotopic (exact) mass is 277 g/mol. The van der Waals surface area contributed by atoms with E-state index in [1.165, 1.54) is 23.3 Å². The van der Waals surface area contributed by atoms with E-state index in [-0.39, 0.29) is 5.56 Å². The lowest BCUT2D eigenvalue weighted by molar-refractivity contribution is 0.380. The highest BCUT2D eigenvalue weighted by Crippen LogP contribution is 2.33. The fraction of sp³-hybridized carbons (Fsp3) is 0.571. The van der Waals surface area contributed by atoms with E-state index in [0.29, 0.717) is 6.54 Å². The van der Waals surface area contributed by atoms with Crippen LogP contribution in [0.4, 0.5) is 0 Å². The standard InChI is InChI=1S/C14H19N3OS/c1-16(2)7-8-17-9-15-13-12(14(17)18)10-5-3-4-6-11(10)19-13/h9H,3-8H2,1-2H3. The summed E-state index contributed by atoms with van der Waals surface area (Å²) in [5.74, 6) is 0. The molecule has 0 aromatic carbocycles. The third-order valence-corrected chi connectivity index (χ3v) is 4.93. The third-order valence-electron chi connectivity index (χ3n) is 3.73. The minimum absolute atomic E-state index is 0.145. The fourth-order valence-electron chi connectivity index (χ4n) is 2.65. The first-order valence-corrected chi connectivity index (χ1v) is 7.63. The summed E-state index contributed by atoms with van der Waals surface area (Å²) < 4.78 is 1.75. The second kappa shape index (κ2) is 5.06. The minimum atomic E-state index is 0.145. The lowest BCUT2D eigenvalue weighted by atomic mass is 9.97. The number of aryl methyl sites for hydroxylation is 2. The molecule has 0 radical (unpaired) electrons. The van der Waals surface area contributed by atoms with E-state index in [0.717, 1.165) is 29.6 Å². The Bertz CT molecular complexity index is 656. The maximum Gasteiger partial charge on any atom is 0.262 e. The molecule has 2 heterocycles. The summed E-state index contributed by atoms with van der Waals surface area (Å²) in [5, 5.41) is 0.890. The Morgan fingerprint density at radius 2 is 2.16 bits per heavy atom. The second-order valence-corrected chi connectivity index (χ2v) is 6.52. The van der Waals surface area contributed by atoms with Crippen LogP contribution in [0.1, 0.15) is 23.3 Å². The Morgan fingerprint density at radius 3 is 2.95 bits per heavy atom. The van der Waals surface area contributed by atoms with Gasteiger partial charge in [0.05, 0.1) is 11.7 Å². The van der Waals surface area contributed by atoms with Gasteiger partial charge in [0.1, 0.15) is 4.83 Å². The second-order valence-electron chi connectivity index (χ2n) is 5.44. The number of hydrogen-bond donors (Lipinski definition) is 0. The molecule has 0 spiro atoms. The fourth-order valence-corrected chi connectivity index (χ4v) is 3.87. The normalized spacial score (nSPS) is 15.1. The average molecular weight is 277 g/mol. The summed E-state index contributed by atoms with van der Waals surface area (Å²) in [4.78, 5) is 21.5. The van der Waals surface area contributed by atoms with Gasteiger partial charge in [0.25, 0.3) is 5.56 Å². The van der Waals surface area contributed by atoms with Crippen molar-refractivity contribution in [3.05, 3.63) is 27.1 Å². The zero-order valence-electron chi connectivity index (χ0n) is 11.5. The van der Waals surface area contributed by atoms with Crippen molar-refractivity contribution in [2.45, 2.75) is 32.2 Å². The van der Waals surface area contributed by atoms with Crippen LogP contribution in [0.2, 0.25) is 0 Å². The summed E-state index contributed by atoms with van der Waals surface area (Å²) >= 11 is 1.71. The van der Waals surface area contributed by atoms with Crippen molar-refractivity contribution in [1.29, 1.82) is 0 Å². The van der Waals surface area contributed by atoms with Crippen molar-refractivity contribution in [1.82, 2.24) is 14.5 Å². The topological polar surface area (TPSA) is 38.1 Å². The minimum Gasteiger partial charge on any atom is -0.308 e. The van der Waals surface area contributed by atoms with Gasteiger partial charge in [-0.1, -0.05) is 0 Å². The molecule has 4 nitrogen and oxygen atoms in total. The van der Waals surface area contributed by atoms with Crippen molar-refractivity contribution in [2.75, 3.05) is 20.6 Å². The number of fused-ring (bicyclic) bond motifs is 3. The van der Waals surface area contributed by atoms with Crippen LogP contribution in [0.5, 0.6) is 0 Å². The summed E-state index contributed by atoms with van der Waals surface area (Å²) in [7, 11) is 4.03. The van der Waals surface area contributed by atoms with E-state index in [4.69, 9.17) is 0 Å². The van der Waals surface area contributed by atoms with Crippen LogP contribution in [0.3, 0.4) is 0 Å². The smallest absolute Gasteiger partial charge is 0.262 e. The highest BCUT2D eigenvalue weighted by molar-refractivity contribution is 7.18. The first-order valence-electron chi connectivity index (χ1n) is 6.81. The van der Waals surface area contributed by atoms with Gasteiger partial charge in [0.2, 0.25) is 0 Å². The number of likely N-dealkylation sites (N-methyl/N-ethyl adjacent to an activating group) is 1. The average Bonchev–Trinajstić information content (AvgIpc) is 2.76. The van der Waals surface area contributed by atoms with E-state index in [9.17, 15) is 4.79 Å². The van der Waals surface area contributed by atoms with Crippen molar-refractivity contribution < 1.29 is 0 Å². The van der Waals surface area contributed by atoms with Gasteiger partial charge in [-0.2, -0.15) is 0 Å². The van der Waals surface area contributed by atoms with Crippen LogP contribution in [-0.2, 0) is 19.4 Å². The summed E-state index contributed by atoms with van der Waals surface area (Å²) in [6, 6.07) is 0. The van der Waals surface area contributed by atoms with Crippen LogP contribution < -0.4 is 5.56 Å². The predicted molar refractivity (Wildman–Crippen MR) is 79.1 cm³/mol. The van der Waals surface area contributed by atoms with Crippen LogP contribution in [0, 0.1) is 0 Å². The highest BCUT2D eigenvalue weighted by atomic mass is 32.1.